The molecule has 0 saturated heterocycles. The Morgan fingerprint density at radius 1 is 0.944 bits per heavy atom. The third-order valence-electron chi connectivity index (χ3n) is 2.80. The predicted octanol–water partition coefficient (Wildman–Crippen LogP) is 4.99. The largest absolute Gasteiger partial charge is 0.457 e. The van der Waals surface area contributed by atoms with Gasteiger partial charge in [0, 0.05) is 0 Å². The molecule has 0 amide bonds. The molecule has 0 unspecified atom stereocenters. The van der Waals surface area contributed by atoms with E-state index in [2.05, 4.69) is 51.1 Å². The first kappa shape index (κ1) is 12.7. The highest BCUT2D eigenvalue weighted by atomic mass is 16.5. The molecule has 0 aromatic heterocycles. The van der Waals surface area contributed by atoms with Crippen LogP contribution in [0.4, 0.5) is 0 Å². The molecule has 0 spiro atoms. The average Bonchev–Trinajstić information content (AvgIpc) is 2.32. The molecule has 0 heterocycles. The first-order valence-corrected chi connectivity index (χ1v) is 6.47. The Bertz CT molecular complexity index is 497. The second-order valence-electron chi connectivity index (χ2n) is 5.16. The Labute approximate surface area is 109 Å². The molecule has 94 valence electrons. The second kappa shape index (κ2) is 5.72. The maximum atomic E-state index is 5.86. The van der Waals surface area contributed by atoms with Gasteiger partial charge in [0.25, 0.3) is 0 Å². The Kier molecular flexibility index (Phi) is 4.03. The van der Waals surface area contributed by atoms with Gasteiger partial charge in [-0.2, -0.15) is 0 Å². The highest BCUT2D eigenvalue weighted by molar-refractivity contribution is 5.35. The van der Waals surface area contributed by atoms with Gasteiger partial charge >= 0.3 is 0 Å². The third kappa shape index (κ3) is 3.63. The van der Waals surface area contributed by atoms with Crippen LogP contribution >= 0.6 is 0 Å². The summed E-state index contributed by atoms with van der Waals surface area (Å²) in [5, 5.41) is 0. The molecule has 0 aliphatic rings. The molecule has 0 bridgehead atoms. The van der Waals surface area contributed by atoms with E-state index in [4.69, 9.17) is 4.74 Å². The van der Waals surface area contributed by atoms with Gasteiger partial charge in [0.05, 0.1) is 0 Å². The first-order valence-electron chi connectivity index (χ1n) is 6.47. The van der Waals surface area contributed by atoms with E-state index in [-0.39, 0.29) is 0 Å². The Balaban J connectivity index is 2.11. The highest BCUT2D eigenvalue weighted by Crippen LogP contribution is 2.23. The van der Waals surface area contributed by atoms with Crippen molar-refractivity contribution in [2.24, 2.45) is 5.92 Å². The monoisotopic (exact) mass is 240 g/mol. The summed E-state index contributed by atoms with van der Waals surface area (Å²) in [5.74, 6) is 2.47. The maximum Gasteiger partial charge on any atom is 0.127 e. The van der Waals surface area contributed by atoms with Gasteiger partial charge in [0.2, 0.25) is 0 Å². The minimum Gasteiger partial charge on any atom is -0.457 e. The van der Waals surface area contributed by atoms with Crippen LogP contribution < -0.4 is 4.74 Å². The molecule has 0 atom stereocenters. The number of benzene rings is 2. The summed E-state index contributed by atoms with van der Waals surface area (Å²) in [5.41, 5.74) is 2.57. The fraction of sp³-hybridized carbons (Fsp3) is 0.294. The molecule has 0 saturated carbocycles. The fourth-order valence-corrected chi connectivity index (χ4v) is 1.95. The molecule has 2 rings (SSSR count). The van der Waals surface area contributed by atoms with E-state index < -0.39 is 0 Å². The summed E-state index contributed by atoms with van der Waals surface area (Å²) < 4.78 is 5.86. The molecule has 18 heavy (non-hydrogen) atoms. The molecule has 2 aromatic carbocycles. The van der Waals surface area contributed by atoms with Crippen LogP contribution in [0.2, 0.25) is 0 Å². The number of rotatable bonds is 4. The van der Waals surface area contributed by atoms with Gasteiger partial charge in [-0.25, -0.2) is 0 Å². The van der Waals surface area contributed by atoms with Crippen molar-refractivity contribution < 1.29 is 4.74 Å². The lowest BCUT2D eigenvalue weighted by Gasteiger charge is -2.09. The van der Waals surface area contributed by atoms with E-state index >= 15 is 0 Å². The molecule has 0 aliphatic heterocycles. The molecule has 0 fully saturated rings. The average molecular weight is 240 g/mol. The minimum absolute atomic E-state index is 0.666. The Hall–Kier alpha value is -1.76. The van der Waals surface area contributed by atoms with Crippen LogP contribution in [0, 0.1) is 12.8 Å². The summed E-state index contributed by atoms with van der Waals surface area (Å²) in [6.45, 7) is 6.54. The standard InChI is InChI=1S/C17H20O/c1-13(2)11-15-5-4-6-17(12-15)18-16-9-7-14(3)8-10-16/h4-10,12-13H,11H2,1-3H3. The van der Waals surface area contributed by atoms with Gasteiger partial charge in [-0.05, 0) is 49.1 Å². The Morgan fingerprint density at radius 3 is 2.33 bits per heavy atom. The summed E-state index contributed by atoms with van der Waals surface area (Å²) in [4.78, 5) is 0. The van der Waals surface area contributed by atoms with Gasteiger partial charge in [0.15, 0.2) is 0 Å². The van der Waals surface area contributed by atoms with E-state index in [0.29, 0.717) is 5.92 Å². The zero-order valence-corrected chi connectivity index (χ0v) is 11.3. The molecule has 0 aliphatic carbocycles. The van der Waals surface area contributed by atoms with Crippen molar-refractivity contribution in [1.29, 1.82) is 0 Å². The number of hydrogen-bond donors (Lipinski definition) is 0. The molecule has 0 radical (unpaired) electrons. The normalized spacial score (nSPS) is 10.7. The smallest absolute Gasteiger partial charge is 0.127 e. The van der Waals surface area contributed by atoms with Crippen molar-refractivity contribution in [3.05, 3.63) is 59.7 Å². The zero-order chi connectivity index (χ0) is 13.0. The maximum absolute atomic E-state index is 5.86. The van der Waals surface area contributed by atoms with Crippen molar-refractivity contribution in [3.8, 4) is 11.5 Å². The highest BCUT2D eigenvalue weighted by Gasteiger charge is 2.01. The topological polar surface area (TPSA) is 9.23 Å². The Morgan fingerprint density at radius 2 is 1.67 bits per heavy atom. The number of aryl methyl sites for hydroxylation is 1. The third-order valence-corrected chi connectivity index (χ3v) is 2.80. The van der Waals surface area contributed by atoms with Gasteiger partial charge in [-0.3, -0.25) is 0 Å². The molecule has 0 N–H and O–H groups in total. The van der Waals surface area contributed by atoms with E-state index in [1.165, 1.54) is 11.1 Å². The lowest BCUT2D eigenvalue weighted by atomic mass is 10.0. The van der Waals surface area contributed by atoms with E-state index in [0.717, 1.165) is 17.9 Å². The van der Waals surface area contributed by atoms with Crippen LogP contribution in [-0.2, 0) is 6.42 Å². The van der Waals surface area contributed by atoms with E-state index in [1.54, 1.807) is 0 Å². The molecular formula is C17H20O. The van der Waals surface area contributed by atoms with Crippen LogP contribution in [0.15, 0.2) is 48.5 Å². The molecule has 1 heteroatoms. The summed E-state index contributed by atoms with van der Waals surface area (Å²) in [7, 11) is 0. The second-order valence-corrected chi connectivity index (χ2v) is 5.16. The van der Waals surface area contributed by atoms with Crippen LogP contribution in [0.25, 0.3) is 0 Å². The molecular weight excluding hydrogens is 220 g/mol. The lowest BCUT2D eigenvalue weighted by Crippen LogP contribution is -1.94. The number of ether oxygens (including phenoxy) is 1. The number of hydrogen-bond acceptors (Lipinski definition) is 1. The first-order chi connectivity index (χ1) is 8.63. The van der Waals surface area contributed by atoms with Crippen LogP contribution in [0.3, 0.4) is 0 Å². The lowest BCUT2D eigenvalue weighted by molar-refractivity contribution is 0.481. The molecule has 1 nitrogen and oxygen atoms in total. The van der Waals surface area contributed by atoms with Crippen molar-refractivity contribution >= 4 is 0 Å². The SMILES string of the molecule is Cc1ccc(Oc2cccc(CC(C)C)c2)cc1. The van der Waals surface area contributed by atoms with Crippen molar-refractivity contribution in [1.82, 2.24) is 0 Å². The van der Waals surface area contributed by atoms with Crippen molar-refractivity contribution in [2.45, 2.75) is 27.2 Å². The fourth-order valence-electron chi connectivity index (χ4n) is 1.95. The van der Waals surface area contributed by atoms with E-state index in [9.17, 15) is 0 Å². The summed E-state index contributed by atoms with van der Waals surface area (Å²) in [6, 6.07) is 16.5. The van der Waals surface area contributed by atoms with Crippen molar-refractivity contribution in [3.63, 3.8) is 0 Å². The minimum atomic E-state index is 0.666. The van der Waals surface area contributed by atoms with Crippen LogP contribution in [-0.4, -0.2) is 0 Å². The zero-order valence-electron chi connectivity index (χ0n) is 11.3. The van der Waals surface area contributed by atoms with Crippen LogP contribution in [0.5, 0.6) is 11.5 Å². The van der Waals surface area contributed by atoms with Crippen LogP contribution in [0.1, 0.15) is 25.0 Å². The predicted molar refractivity (Wildman–Crippen MR) is 76.2 cm³/mol. The van der Waals surface area contributed by atoms with Crippen molar-refractivity contribution in [2.75, 3.05) is 0 Å². The van der Waals surface area contributed by atoms with Gasteiger partial charge in [0.1, 0.15) is 11.5 Å². The van der Waals surface area contributed by atoms with Gasteiger partial charge in [-0.1, -0.05) is 43.7 Å². The summed E-state index contributed by atoms with van der Waals surface area (Å²) in [6.07, 6.45) is 1.09. The van der Waals surface area contributed by atoms with Gasteiger partial charge < -0.3 is 4.74 Å². The quantitative estimate of drug-likeness (QED) is 0.732. The van der Waals surface area contributed by atoms with Gasteiger partial charge in [-0.15, -0.1) is 0 Å². The van der Waals surface area contributed by atoms with E-state index in [1.807, 2.05) is 18.2 Å². The summed E-state index contributed by atoms with van der Waals surface area (Å²) >= 11 is 0. The molecule has 2 aromatic rings.